The Balaban J connectivity index is 1.20. The Kier molecular flexibility index (Phi) is 7.11. The van der Waals surface area contributed by atoms with Gasteiger partial charge in [0.05, 0.1) is 35.2 Å². The number of fused-ring (bicyclic) bond motifs is 1. The topological polar surface area (TPSA) is 69.3 Å². The molecule has 3 aromatic rings. The molecule has 0 radical (unpaired) electrons. The van der Waals surface area contributed by atoms with Crippen LogP contribution < -0.4 is 5.56 Å². The highest BCUT2D eigenvalue weighted by atomic mass is 32.1. The summed E-state index contributed by atoms with van der Waals surface area (Å²) < 4.78 is 39.3. The van der Waals surface area contributed by atoms with E-state index in [1.165, 1.54) is 22.6 Å². The number of nitrogens with zero attached hydrogens (tertiary/aromatic N) is 3. The molecule has 0 unspecified atom stereocenters. The maximum absolute atomic E-state index is 13.3. The second kappa shape index (κ2) is 10.4. The molecule has 212 valence electrons. The third-order valence-corrected chi connectivity index (χ3v) is 9.89. The number of nitrogens with one attached hydrogen (secondary N) is 1. The number of rotatable bonds is 5. The zero-order chi connectivity index (χ0) is 28.1. The quantitative estimate of drug-likeness (QED) is 0.455. The number of hydrogen-bond acceptors (Lipinski definition) is 5. The number of piperidine rings is 1. The van der Waals surface area contributed by atoms with E-state index in [4.69, 9.17) is 4.98 Å². The van der Waals surface area contributed by atoms with Crippen molar-refractivity contribution >= 4 is 17.2 Å². The molecule has 6 rings (SSSR count). The van der Waals surface area contributed by atoms with Gasteiger partial charge < -0.3 is 14.8 Å². The van der Waals surface area contributed by atoms with E-state index in [9.17, 15) is 22.8 Å². The molecule has 1 aromatic carbocycles. The highest BCUT2D eigenvalue weighted by Crippen LogP contribution is 2.54. The van der Waals surface area contributed by atoms with Crippen molar-refractivity contribution in [3.8, 4) is 0 Å². The van der Waals surface area contributed by atoms with Crippen molar-refractivity contribution in [2.45, 2.75) is 69.0 Å². The number of aryl methyl sites for hydroxylation is 1. The molecule has 0 atom stereocenters. The smallest absolute Gasteiger partial charge is 0.338 e. The van der Waals surface area contributed by atoms with Gasteiger partial charge in [-0.2, -0.15) is 13.2 Å². The lowest BCUT2D eigenvalue weighted by atomic mass is 9.90. The first-order valence-electron chi connectivity index (χ1n) is 14.0. The number of carbonyl (C=O) groups excluding carboxylic acids is 1. The van der Waals surface area contributed by atoms with Crippen molar-refractivity contribution in [2.75, 3.05) is 26.7 Å². The molecule has 2 aromatic heterocycles. The molecule has 1 saturated carbocycles. The summed E-state index contributed by atoms with van der Waals surface area (Å²) in [6.07, 6.45) is 0.836. The molecule has 4 heterocycles. The van der Waals surface area contributed by atoms with Gasteiger partial charge in [0.15, 0.2) is 0 Å². The van der Waals surface area contributed by atoms with E-state index in [0.717, 1.165) is 62.4 Å². The maximum Gasteiger partial charge on any atom is 0.416 e. The largest absolute Gasteiger partial charge is 0.416 e. The van der Waals surface area contributed by atoms with E-state index in [0.29, 0.717) is 36.4 Å². The standard InChI is InChI=1S/C30H33F3N4O2S/c1-36-12-7-20(8-13-36)21-16-25(40-18-21)29(9-10-29)28-34-24-6-3-11-37(17-23(24)27(39)35-28)26(38)15-19-4-2-5-22(14-19)30(31,32)33/h2,4-5,14,16,18,20H,3,6-13,15,17H2,1H3,(H,34,35,39). The number of aromatic amines is 1. The lowest BCUT2D eigenvalue weighted by Crippen LogP contribution is -2.34. The normalized spacial score (nSPS) is 19.8. The molecule has 0 bridgehead atoms. The van der Waals surface area contributed by atoms with Gasteiger partial charge in [-0.15, -0.1) is 11.3 Å². The number of alkyl halides is 3. The summed E-state index contributed by atoms with van der Waals surface area (Å²) in [5, 5.41) is 2.28. The van der Waals surface area contributed by atoms with E-state index in [2.05, 4.69) is 28.4 Å². The summed E-state index contributed by atoms with van der Waals surface area (Å²) in [6.45, 7) is 2.77. The first-order valence-corrected chi connectivity index (χ1v) is 14.8. The van der Waals surface area contributed by atoms with Gasteiger partial charge in [0.2, 0.25) is 5.91 Å². The summed E-state index contributed by atoms with van der Waals surface area (Å²) in [6, 6.07) is 7.18. The van der Waals surface area contributed by atoms with Crippen molar-refractivity contribution in [1.29, 1.82) is 0 Å². The average molecular weight is 571 g/mol. The molecule has 1 amide bonds. The van der Waals surface area contributed by atoms with Crippen LogP contribution in [0.2, 0.25) is 0 Å². The minimum atomic E-state index is -4.46. The third kappa shape index (κ3) is 5.35. The first-order chi connectivity index (χ1) is 19.1. The van der Waals surface area contributed by atoms with Gasteiger partial charge in [0, 0.05) is 11.4 Å². The molecular weight excluding hydrogens is 537 g/mol. The number of H-pyrrole nitrogens is 1. The van der Waals surface area contributed by atoms with Crippen LogP contribution >= 0.6 is 11.3 Å². The van der Waals surface area contributed by atoms with Gasteiger partial charge in [-0.05, 0) is 93.2 Å². The minimum absolute atomic E-state index is 0.113. The lowest BCUT2D eigenvalue weighted by Gasteiger charge is -2.28. The molecule has 10 heteroatoms. The molecule has 2 aliphatic heterocycles. The number of likely N-dealkylation sites (tertiary alicyclic amines) is 1. The highest BCUT2D eigenvalue weighted by Gasteiger charge is 2.50. The lowest BCUT2D eigenvalue weighted by molar-refractivity contribution is -0.138. The van der Waals surface area contributed by atoms with Gasteiger partial charge in [-0.3, -0.25) is 9.59 Å². The van der Waals surface area contributed by atoms with Crippen LogP contribution in [0.3, 0.4) is 0 Å². The van der Waals surface area contributed by atoms with E-state index < -0.39 is 11.7 Å². The summed E-state index contributed by atoms with van der Waals surface area (Å²) >= 11 is 1.76. The molecule has 1 N–H and O–H groups in total. The summed E-state index contributed by atoms with van der Waals surface area (Å²) in [7, 11) is 2.17. The number of carbonyl (C=O) groups is 1. The van der Waals surface area contributed by atoms with Gasteiger partial charge >= 0.3 is 6.18 Å². The zero-order valence-electron chi connectivity index (χ0n) is 22.5. The van der Waals surface area contributed by atoms with Crippen LogP contribution in [-0.4, -0.2) is 52.4 Å². The Morgan fingerprint density at radius 3 is 2.67 bits per heavy atom. The maximum atomic E-state index is 13.3. The van der Waals surface area contributed by atoms with E-state index in [1.54, 1.807) is 16.2 Å². The second-order valence-electron chi connectivity index (χ2n) is 11.5. The van der Waals surface area contributed by atoms with Gasteiger partial charge in [0.25, 0.3) is 5.56 Å². The number of halogens is 3. The van der Waals surface area contributed by atoms with Gasteiger partial charge in [-0.1, -0.05) is 18.2 Å². The number of thiophene rings is 1. The summed E-state index contributed by atoms with van der Waals surface area (Å²) in [4.78, 5) is 39.7. The van der Waals surface area contributed by atoms with Crippen LogP contribution in [-0.2, 0) is 35.8 Å². The number of benzene rings is 1. The van der Waals surface area contributed by atoms with Gasteiger partial charge in [0.1, 0.15) is 5.82 Å². The van der Waals surface area contributed by atoms with Crippen molar-refractivity contribution in [3.63, 3.8) is 0 Å². The molecule has 0 spiro atoms. The van der Waals surface area contributed by atoms with Crippen LogP contribution in [0.5, 0.6) is 0 Å². The Bertz CT molecular complexity index is 1470. The van der Waals surface area contributed by atoms with Crippen LogP contribution in [0.1, 0.15) is 76.7 Å². The molecule has 1 aliphatic carbocycles. The van der Waals surface area contributed by atoms with E-state index in [1.807, 2.05) is 0 Å². The van der Waals surface area contributed by atoms with Gasteiger partial charge in [-0.25, -0.2) is 4.98 Å². The first kappa shape index (κ1) is 27.2. The van der Waals surface area contributed by atoms with Crippen molar-refractivity contribution < 1.29 is 18.0 Å². The minimum Gasteiger partial charge on any atom is -0.338 e. The Morgan fingerprint density at radius 2 is 1.95 bits per heavy atom. The van der Waals surface area contributed by atoms with Crippen LogP contribution in [0, 0.1) is 0 Å². The fourth-order valence-corrected chi connectivity index (χ4v) is 7.34. The monoisotopic (exact) mass is 570 g/mol. The van der Waals surface area contributed by atoms with E-state index in [-0.39, 0.29) is 29.8 Å². The third-order valence-electron chi connectivity index (χ3n) is 8.74. The summed E-state index contributed by atoms with van der Waals surface area (Å²) in [5.41, 5.74) is 1.67. The van der Waals surface area contributed by atoms with Crippen LogP contribution in [0.4, 0.5) is 13.2 Å². The van der Waals surface area contributed by atoms with E-state index >= 15 is 0 Å². The predicted molar refractivity (Wildman–Crippen MR) is 148 cm³/mol. The highest BCUT2D eigenvalue weighted by molar-refractivity contribution is 7.10. The number of amides is 1. The molecular formula is C30H33F3N4O2S. The van der Waals surface area contributed by atoms with Crippen molar-refractivity contribution in [1.82, 2.24) is 19.8 Å². The van der Waals surface area contributed by atoms with Crippen LogP contribution in [0.15, 0.2) is 40.5 Å². The van der Waals surface area contributed by atoms with Crippen molar-refractivity contribution in [2.24, 2.45) is 0 Å². The van der Waals surface area contributed by atoms with Crippen LogP contribution in [0.25, 0.3) is 0 Å². The molecule has 3 aliphatic rings. The average Bonchev–Trinajstić information content (AvgIpc) is 3.64. The zero-order valence-corrected chi connectivity index (χ0v) is 23.3. The second-order valence-corrected chi connectivity index (χ2v) is 12.4. The number of hydrogen-bond donors (Lipinski definition) is 1. The molecule has 1 saturated heterocycles. The Hall–Kier alpha value is -2.98. The SMILES string of the molecule is CN1CCC(c2csc(C3(c4nc5c(c(=O)[nH]4)CN(C(=O)Cc4cccc(C(F)(F)F)c4)CCC5)CC3)c2)CC1. The Morgan fingerprint density at radius 1 is 1.18 bits per heavy atom. The molecule has 40 heavy (non-hydrogen) atoms. The Labute approximate surface area is 235 Å². The molecule has 2 fully saturated rings. The fraction of sp³-hybridized carbons (Fsp3) is 0.500. The summed E-state index contributed by atoms with van der Waals surface area (Å²) in [5.74, 6) is 1.00. The molecule has 6 nitrogen and oxygen atoms in total. The fourth-order valence-electron chi connectivity index (χ4n) is 6.09. The predicted octanol–water partition coefficient (Wildman–Crippen LogP) is 5.26. The van der Waals surface area contributed by atoms with Crippen molar-refractivity contribution in [3.05, 3.63) is 84.7 Å². The number of aromatic nitrogens is 2.